The van der Waals surface area contributed by atoms with Crippen molar-refractivity contribution < 1.29 is 42.2 Å². The summed E-state index contributed by atoms with van der Waals surface area (Å²) in [6.07, 6.45) is 3.50. The largest absolute Gasteiger partial charge is 0.490 e. The van der Waals surface area contributed by atoms with Gasteiger partial charge in [-0.3, -0.25) is 19.5 Å². The highest BCUT2D eigenvalue weighted by Crippen LogP contribution is 2.19. The number of carboxylic acid groups (broad SMARTS) is 2. The Balaban J connectivity index is 0.000000676. The van der Waals surface area contributed by atoms with E-state index >= 15 is 0 Å². The maximum Gasteiger partial charge on any atom is 0.490 e. The van der Waals surface area contributed by atoms with Crippen molar-refractivity contribution in [1.29, 1.82) is 0 Å². The molecule has 13 heteroatoms. The summed E-state index contributed by atoms with van der Waals surface area (Å²) >= 11 is 0. The molecule has 4 N–H and O–H groups in total. The molecule has 2 unspecified atom stereocenters. The topological polar surface area (TPSA) is 131 Å². The average molecular weight is 619 g/mol. The van der Waals surface area contributed by atoms with Crippen molar-refractivity contribution in [2.75, 3.05) is 26.2 Å². The fourth-order valence-corrected chi connectivity index (χ4v) is 4.58. The van der Waals surface area contributed by atoms with Crippen molar-refractivity contribution in [3.8, 4) is 0 Å². The number of rotatable bonds is 12. The van der Waals surface area contributed by atoms with Crippen molar-refractivity contribution >= 4 is 23.7 Å². The van der Waals surface area contributed by atoms with Crippen molar-refractivity contribution in [3.63, 3.8) is 0 Å². The second kappa shape index (κ2) is 16.4. The lowest BCUT2D eigenvalue weighted by molar-refractivity contribution is -0.192. The Morgan fingerprint density at radius 1 is 1.07 bits per heavy atom. The van der Waals surface area contributed by atoms with Crippen LogP contribution in [-0.2, 0) is 20.8 Å². The third-order valence-electron chi connectivity index (χ3n) is 6.74. The first-order valence-corrected chi connectivity index (χ1v) is 13.9. The molecule has 0 aliphatic carbocycles. The zero-order valence-electron chi connectivity index (χ0n) is 23.8. The molecule has 0 aromatic heterocycles. The van der Waals surface area contributed by atoms with Crippen molar-refractivity contribution in [3.05, 3.63) is 95.3 Å². The second-order valence-electron chi connectivity index (χ2n) is 10.2. The first kappa shape index (κ1) is 34.0. The van der Waals surface area contributed by atoms with E-state index in [1.54, 1.807) is 6.07 Å². The number of carbonyl (C=O) groups excluding carboxylic acids is 1. The molecule has 4 rings (SSSR count). The lowest BCUT2D eigenvalue weighted by Gasteiger charge is -2.26. The van der Waals surface area contributed by atoms with E-state index in [2.05, 4.69) is 45.9 Å². The monoisotopic (exact) mass is 618 g/mol. The number of amidine groups is 1. The highest BCUT2D eigenvalue weighted by molar-refractivity contribution is 6.02. The van der Waals surface area contributed by atoms with Crippen molar-refractivity contribution in [1.82, 2.24) is 15.5 Å². The van der Waals surface area contributed by atoms with E-state index < -0.39 is 30.0 Å². The van der Waals surface area contributed by atoms with Gasteiger partial charge in [0, 0.05) is 25.2 Å². The predicted octanol–water partition coefficient (Wildman–Crippen LogP) is 4.28. The van der Waals surface area contributed by atoms with Crippen LogP contribution in [-0.4, -0.2) is 77.2 Å². The Bertz CT molecular complexity index is 1380. The van der Waals surface area contributed by atoms with Gasteiger partial charge in [-0.15, -0.1) is 0 Å². The molecule has 2 aromatic carbocycles. The minimum absolute atomic E-state index is 0.0205. The van der Waals surface area contributed by atoms with Crippen LogP contribution in [0.5, 0.6) is 0 Å². The molecule has 0 fully saturated rings. The highest BCUT2D eigenvalue weighted by Gasteiger charge is 2.38. The second-order valence-corrected chi connectivity index (χ2v) is 10.2. The van der Waals surface area contributed by atoms with E-state index in [1.165, 1.54) is 23.8 Å². The number of hydrogen-bond donors (Lipinski definition) is 4. The zero-order chi connectivity index (χ0) is 32.1. The van der Waals surface area contributed by atoms with E-state index in [1.807, 2.05) is 18.2 Å². The standard InChI is InChI=1S/C29H33FN4O3.C2HF3O2/c30-24-10-4-8-23(18-24)26(19-28(36)37)33-27(35)20-34(16-13-21-6-2-1-3-7-21)17-14-25-12-11-22-9-5-15-31-29(22)32-25;3-2(4,5)1(6)7/h1-4,6-12,18,25-26H,5,13-17,19-20H2,(H,31,32)(H,33,35)(H,36,37);(H,6,7). The number of dihydropyridines is 1. The molecular weight excluding hydrogens is 584 g/mol. The molecule has 2 aromatic rings. The highest BCUT2D eigenvalue weighted by atomic mass is 19.4. The average Bonchev–Trinajstić information content (AvgIpc) is 2.98. The van der Waals surface area contributed by atoms with Crippen LogP contribution < -0.4 is 10.6 Å². The van der Waals surface area contributed by atoms with Gasteiger partial charge in [-0.25, -0.2) is 9.18 Å². The summed E-state index contributed by atoms with van der Waals surface area (Å²) in [6, 6.07) is 15.0. The van der Waals surface area contributed by atoms with Crippen LogP contribution >= 0.6 is 0 Å². The number of aliphatic imine (C=N–C) groups is 1. The summed E-state index contributed by atoms with van der Waals surface area (Å²) in [7, 11) is 0. The smallest absolute Gasteiger partial charge is 0.481 e. The lowest BCUT2D eigenvalue weighted by Crippen LogP contribution is -2.41. The van der Waals surface area contributed by atoms with E-state index in [-0.39, 0.29) is 24.9 Å². The van der Waals surface area contributed by atoms with Crippen LogP contribution in [0.15, 0.2) is 83.4 Å². The molecule has 0 radical (unpaired) electrons. The number of amides is 1. The molecule has 2 atom stereocenters. The summed E-state index contributed by atoms with van der Waals surface area (Å²) in [5.41, 5.74) is 2.73. The molecule has 0 spiro atoms. The molecule has 2 heterocycles. The number of fused-ring (bicyclic) bond motifs is 1. The molecule has 0 saturated heterocycles. The summed E-state index contributed by atoms with van der Waals surface area (Å²) < 4.78 is 45.5. The van der Waals surface area contributed by atoms with Crippen molar-refractivity contribution in [2.45, 2.75) is 43.9 Å². The Morgan fingerprint density at radius 3 is 2.45 bits per heavy atom. The third-order valence-corrected chi connectivity index (χ3v) is 6.74. The Labute approximate surface area is 252 Å². The van der Waals surface area contributed by atoms with Gasteiger partial charge in [-0.05, 0) is 42.5 Å². The van der Waals surface area contributed by atoms with Crippen LogP contribution in [0.4, 0.5) is 17.6 Å². The van der Waals surface area contributed by atoms with Gasteiger partial charge in [0.15, 0.2) is 0 Å². The van der Waals surface area contributed by atoms with E-state index in [0.29, 0.717) is 18.7 Å². The van der Waals surface area contributed by atoms with Gasteiger partial charge in [0.1, 0.15) is 11.7 Å². The number of hydrogen-bond acceptors (Lipinski definition) is 6. The zero-order valence-corrected chi connectivity index (χ0v) is 23.8. The molecule has 2 aliphatic heterocycles. The van der Waals surface area contributed by atoms with Crippen molar-refractivity contribution in [2.24, 2.45) is 4.99 Å². The fourth-order valence-electron chi connectivity index (χ4n) is 4.58. The minimum Gasteiger partial charge on any atom is -0.481 e. The van der Waals surface area contributed by atoms with E-state index in [0.717, 1.165) is 37.2 Å². The molecule has 0 bridgehead atoms. The first-order valence-electron chi connectivity index (χ1n) is 13.9. The normalized spacial score (nSPS) is 16.3. The summed E-state index contributed by atoms with van der Waals surface area (Å²) in [5, 5.41) is 22.6. The Morgan fingerprint density at radius 2 is 1.80 bits per heavy atom. The van der Waals surface area contributed by atoms with Crippen LogP contribution in [0.2, 0.25) is 0 Å². The maximum absolute atomic E-state index is 13.8. The number of halogens is 4. The third kappa shape index (κ3) is 11.6. The number of carboxylic acids is 2. The molecule has 236 valence electrons. The maximum atomic E-state index is 13.8. The number of nitrogens with zero attached hydrogens (tertiary/aromatic N) is 2. The van der Waals surface area contributed by atoms with Gasteiger partial charge in [-0.2, -0.15) is 13.2 Å². The number of nitrogens with one attached hydrogen (secondary N) is 2. The number of carbonyl (C=O) groups is 3. The molecule has 2 aliphatic rings. The number of alkyl halides is 3. The Hall–Kier alpha value is -4.52. The Kier molecular flexibility index (Phi) is 12.6. The molecule has 44 heavy (non-hydrogen) atoms. The van der Waals surface area contributed by atoms with Crippen LogP contribution in [0.3, 0.4) is 0 Å². The van der Waals surface area contributed by atoms with Gasteiger partial charge in [-0.1, -0.05) is 60.7 Å². The lowest BCUT2D eigenvalue weighted by atomic mass is 10.0. The van der Waals surface area contributed by atoms with Gasteiger partial charge in [0.2, 0.25) is 5.91 Å². The fraction of sp³-hybridized carbons (Fsp3) is 0.355. The van der Waals surface area contributed by atoms with E-state index in [4.69, 9.17) is 14.9 Å². The van der Waals surface area contributed by atoms with E-state index in [9.17, 15) is 32.3 Å². The summed E-state index contributed by atoms with van der Waals surface area (Å²) in [4.78, 5) is 40.3. The SMILES string of the molecule is O=C(O)C(F)(F)F.O=C(O)CC(NC(=O)CN(CCc1ccccc1)CCC1C=CC2=CCCNC2=N1)c1cccc(F)c1. The predicted molar refractivity (Wildman–Crippen MR) is 155 cm³/mol. The van der Waals surface area contributed by atoms with Crippen LogP contribution in [0.25, 0.3) is 0 Å². The van der Waals surface area contributed by atoms with Gasteiger partial charge in [0.25, 0.3) is 0 Å². The summed E-state index contributed by atoms with van der Waals surface area (Å²) in [6.45, 7) is 2.30. The van der Waals surface area contributed by atoms with Gasteiger partial charge < -0.3 is 20.8 Å². The molecule has 1 amide bonds. The van der Waals surface area contributed by atoms with Crippen LogP contribution in [0, 0.1) is 5.82 Å². The summed E-state index contributed by atoms with van der Waals surface area (Å²) in [5.74, 6) is -3.66. The quantitative estimate of drug-likeness (QED) is 0.261. The minimum atomic E-state index is -5.08. The molecular formula is C31H34F4N4O5. The van der Waals surface area contributed by atoms with Gasteiger partial charge in [0.05, 0.1) is 25.0 Å². The van der Waals surface area contributed by atoms with Crippen LogP contribution in [0.1, 0.15) is 36.4 Å². The number of aliphatic carboxylic acids is 2. The number of benzene rings is 2. The molecule has 9 nitrogen and oxygen atoms in total. The first-order chi connectivity index (χ1) is 20.9. The molecule has 0 saturated carbocycles. The van der Waals surface area contributed by atoms with Gasteiger partial charge >= 0.3 is 18.1 Å².